The summed E-state index contributed by atoms with van der Waals surface area (Å²) in [5.41, 5.74) is -0.0159. The summed E-state index contributed by atoms with van der Waals surface area (Å²) in [6, 6.07) is 2.07. The van der Waals surface area contributed by atoms with E-state index in [9.17, 15) is 18.1 Å². The van der Waals surface area contributed by atoms with Crippen molar-refractivity contribution in [2.45, 2.75) is 50.6 Å². The lowest BCUT2D eigenvalue weighted by Crippen LogP contribution is -2.48. The number of amides is 1. The second-order valence-electron chi connectivity index (χ2n) is 6.55. The van der Waals surface area contributed by atoms with Crippen LogP contribution in [0.4, 0.5) is 8.78 Å². The van der Waals surface area contributed by atoms with E-state index in [0.29, 0.717) is 6.07 Å². The Bertz CT molecular complexity index is 766. The van der Waals surface area contributed by atoms with Crippen molar-refractivity contribution in [3.8, 4) is 11.8 Å². The molecule has 0 aliphatic heterocycles. The Labute approximate surface area is 156 Å². The van der Waals surface area contributed by atoms with E-state index in [1.165, 1.54) is 6.07 Å². The highest BCUT2D eigenvalue weighted by molar-refractivity contribution is 7.51. The zero-order chi connectivity index (χ0) is 19.9. The topological polar surface area (TPSA) is 98.7 Å². The molecular weight excluding hydrogens is 377 g/mol. The maximum absolute atomic E-state index is 13.6. The molecular formula is C18H23F2N2O4P. The summed E-state index contributed by atoms with van der Waals surface area (Å²) in [5.74, 6) is 3.22. The number of hydrogen-bond acceptors (Lipinski definition) is 3. The van der Waals surface area contributed by atoms with Crippen molar-refractivity contribution in [1.29, 1.82) is 0 Å². The number of halogens is 2. The third-order valence-corrected chi connectivity index (χ3v) is 4.87. The van der Waals surface area contributed by atoms with Gasteiger partial charge in [0.15, 0.2) is 0 Å². The first kappa shape index (κ1) is 21.5. The molecule has 9 heteroatoms. The fourth-order valence-corrected chi connectivity index (χ4v) is 3.33. The van der Waals surface area contributed by atoms with Crippen LogP contribution in [-0.2, 0) is 9.36 Å². The molecule has 6 nitrogen and oxygen atoms in total. The molecule has 0 heterocycles. The first-order chi connectivity index (χ1) is 12.7. The number of benzene rings is 1. The largest absolute Gasteiger partial charge is 0.352 e. The van der Waals surface area contributed by atoms with Crippen molar-refractivity contribution in [3.05, 3.63) is 35.4 Å². The summed E-state index contributed by atoms with van der Waals surface area (Å²) in [7, 11) is -4.35. The predicted molar refractivity (Wildman–Crippen MR) is 96.7 cm³/mol. The third kappa shape index (κ3) is 7.77. The van der Waals surface area contributed by atoms with Crippen LogP contribution in [0, 0.1) is 23.5 Å². The van der Waals surface area contributed by atoms with Gasteiger partial charge in [-0.05, 0) is 25.0 Å². The molecule has 0 saturated heterocycles. The minimum atomic E-state index is -4.35. The highest BCUT2D eigenvalue weighted by Gasteiger charge is 2.24. The maximum Gasteiger partial charge on any atom is 0.339 e. The molecule has 2 rings (SSSR count). The van der Waals surface area contributed by atoms with Crippen LogP contribution < -0.4 is 10.6 Å². The molecule has 1 atom stereocenters. The summed E-state index contributed by atoms with van der Waals surface area (Å²) >= 11 is 0. The van der Waals surface area contributed by atoms with Crippen LogP contribution in [0.1, 0.15) is 44.1 Å². The zero-order valence-electron chi connectivity index (χ0n) is 14.8. The van der Waals surface area contributed by atoms with Crippen LogP contribution in [0.25, 0.3) is 0 Å². The van der Waals surface area contributed by atoms with Gasteiger partial charge in [0, 0.05) is 18.5 Å². The van der Waals surface area contributed by atoms with Crippen LogP contribution in [0.3, 0.4) is 0 Å². The van der Waals surface area contributed by atoms with E-state index >= 15 is 0 Å². The fourth-order valence-electron chi connectivity index (χ4n) is 2.87. The number of rotatable bonds is 6. The van der Waals surface area contributed by atoms with Crippen molar-refractivity contribution >= 4 is 13.5 Å². The van der Waals surface area contributed by atoms with E-state index in [0.717, 1.165) is 38.2 Å². The van der Waals surface area contributed by atoms with Crippen molar-refractivity contribution in [3.63, 3.8) is 0 Å². The normalized spacial score (nSPS) is 16.3. The Balaban J connectivity index is 2.03. The molecule has 1 aliphatic rings. The van der Waals surface area contributed by atoms with E-state index in [-0.39, 0.29) is 18.0 Å². The van der Waals surface area contributed by atoms with Crippen LogP contribution in [0.15, 0.2) is 18.2 Å². The number of carbonyl (C=O) groups is 1. The van der Waals surface area contributed by atoms with Crippen molar-refractivity contribution in [2.24, 2.45) is 0 Å². The van der Waals surface area contributed by atoms with Crippen molar-refractivity contribution in [1.82, 2.24) is 10.6 Å². The molecule has 1 amide bonds. The van der Waals surface area contributed by atoms with Gasteiger partial charge in [0.1, 0.15) is 11.6 Å². The minimum Gasteiger partial charge on any atom is -0.352 e. The summed E-state index contributed by atoms with van der Waals surface area (Å²) in [6.45, 7) is 0. The van der Waals surface area contributed by atoms with Crippen molar-refractivity contribution < 1.29 is 27.9 Å². The molecule has 4 N–H and O–H groups in total. The molecule has 1 fully saturated rings. The lowest BCUT2D eigenvalue weighted by molar-refractivity contribution is -0.123. The number of carbonyl (C=O) groups excluding carboxylic acids is 1. The molecule has 1 aliphatic carbocycles. The van der Waals surface area contributed by atoms with Crippen LogP contribution in [0.2, 0.25) is 0 Å². The van der Waals surface area contributed by atoms with Gasteiger partial charge >= 0.3 is 7.60 Å². The lowest BCUT2D eigenvalue weighted by Gasteiger charge is -2.25. The number of nitrogens with one attached hydrogen (secondary N) is 2. The average Bonchev–Trinajstić information content (AvgIpc) is 2.59. The van der Waals surface area contributed by atoms with Crippen LogP contribution >= 0.6 is 7.60 Å². The second kappa shape index (κ2) is 9.95. The maximum atomic E-state index is 13.6. The van der Waals surface area contributed by atoms with E-state index < -0.39 is 37.5 Å². The SMILES string of the molecule is O=C(NC1CCCCC1)C(CC#Cc1ccc(F)cc1F)NCP(=O)(O)O. The van der Waals surface area contributed by atoms with E-state index in [2.05, 4.69) is 22.5 Å². The smallest absolute Gasteiger partial charge is 0.339 e. The molecule has 1 unspecified atom stereocenters. The van der Waals surface area contributed by atoms with Gasteiger partial charge in [0.2, 0.25) is 5.91 Å². The molecule has 148 valence electrons. The molecule has 0 aromatic heterocycles. The van der Waals surface area contributed by atoms with Crippen LogP contribution in [-0.4, -0.2) is 34.1 Å². The first-order valence-electron chi connectivity index (χ1n) is 8.77. The Kier molecular flexibility index (Phi) is 7.93. The highest BCUT2D eigenvalue weighted by atomic mass is 31.2. The van der Waals surface area contributed by atoms with Gasteiger partial charge < -0.3 is 15.1 Å². The molecule has 27 heavy (non-hydrogen) atoms. The first-order valence-corrected chi connectivity index (χ1v) is 10.6. The van der Waals surface area contributed by atoms with Gasteiger partial charge in [-0.1, -0.05) is 31.1 Å². The molecule has 1 aromatic rings. The van der Waals surface area contributed by atoms with E-state index in [4.69, 9.17) is 9.79 Å². The molecule has 0 spiro atoms. The third-order valence-electron chi connectivity index (χ3n) is 4.27. The van der Waals surface area contributed by atoms with Gasteiger partial charge in [0.25, 0.3) is 0 Å². The standard InChI is InChI=1S/C18H23F2N2O4P/c19-14-10-9-13(16(20)11-14)5-4-8-17(21-12-27(24,25)26)18(23)22-15-6-2-1-3-7-15/h9-11,15,17,21H,1-3,6-8,12H2,(H,22,23)(H2,24,25,26). The Morgan fingerprint density at radius 3 is 2.59 bits per heavy atom. The molecule has 1 saturated carbocycles. The lowest BCUT2D eigenvalue weighted by atomic mass is 9.95. The summed E-state index contributed by atoms with van der Waals surface area (Å²) in [5, 5.41) is 5.40. The second-order valence-corrected chi connectivity index (χ2v) is 8.20. The molecule has 0 bridgehead atoms. The van der Waals surface area contributed by atoms with Gasteiger partial charge in [-0.3, -0.25) is 14.7 Å². The zero-order valence-corrected chi connectivity index (χ0v) is 15.6. The Morgan fingerprint density at radius 1 is 1.26 bits per heavy atom. The molecule has 1 aromatic carbocycles. The van der Waals surface area contributed by atoms with Gasteiger partial charge in [0.05, 0.1) is 17.9 Å². The Morgan fingerprint density at radius 2 is 1.96 bits per heavy atom. The average molecular weight is 400 g/mol. The minimum absolute atomic E-state index is 0.0159. The highest BCUT2D eigenvalue weighted by Crippen LogP contribution is 2.32. The predicted octanol–water partition coefficient (Wildman–Crippen LogP) is 2.25. The van der Waals surface area contributed by atoms with E-state index in [1.54, 1.807) is 0 Å². The number of hydrogen-bond donors (Lipinski definition) is 4. The summed E-state index contributed by atoms with van der Waals surface area (Å²) < 4.78 is 37.6. The van der Waals surface area contributed by atoms with Crippen molar-refractivity contribution in [2.75, 3.05) is 6.29 Å². The van der Waals surface area contributed by atoms with Crippen LogP contribution in [0.5, 0.6) is 0 Å². The van der Waals surface area contributed by atoms with Gasteiger partial charge in [-0.25, -0.2) is 8.78 Å². The summed E-state index contributed by atoms with van der Waals surface area (Å²) in [4.78, 5) is 30.5. The fraction of sp³-hybridized carbons (Fsp3) is 0.500. The van der Waals surface area contributed by atoms with Gasteiger partial charge in [-0.15, -0.1) is 0 Å². The van der Waals surface area contributed by atoms with Gasteiger partial charge in [-0.2, -0.15) is 0 Å². The molecule has 0 radical (unpaired) electrons. The van der Waals surface area contributed by atoms with E-state index in [1.807, 2.05) is 0 Å². The monoisotopic (exact) mass is 400 g/mol. The quantitative estimate of drug-likeness (QED) is 0.434. The Hall–Kier alpha value is -1.78. The summed E-state index contributed by atoms with van der Waals surface area (Å²) in [6.07, 6.45) is 4.16.